The number of anilines is 1. The second-order valence-corrected chi connectivity index (χ2v) is 8.31. The van der Waals surface area contributed by atoms with Gasteiger partial charge in [-0.1, -0.05) is 53.7 Å². The number of hydrogen-bond acceptors (Lipinski definition) is 4. The van der Waals surface area contributed by atoms with Gasteiger partial charge in [0.1, 0.15) is 5.82 Å². The Morgan fingerprint density at radius 2 is 1.67 bits per heavy atom. The van der Waals surface area contributed by atoms with E-state index in [1.807, 2.05) is 30.3 Å². The molecule has 168 valence electrons. The summed E-state index contributed by atoms with van der Waals surface area (Å²) in [6, 6.07) is 18.5. The largest absolute Gasteiger partial charge is 0.323 e. The van der Waals surface area contributed by atoms with Crippen molar-refractivity contribution >= 4 is 35.0 Å². The maximum Gasteiger partial charge on any atom is 0.234 e. The highest BCUT2D eigenvalue weighted by atomic mass is 35.5. The minimum atomic E-state index is -1.64. The van der Waals surface area contributed by atoms with E-state index in [0.29, 0.717) is 22.4 Å². The van der Waals surface area contributed by atoms with Gasteiger partial charge in [0.25, 0.3) is 0 Å². The van der Waals surface area contributed by atoms with E-state index in [1.54, 1.807) is 28.8 Å². The third-order valence-corrected chi connectivity index (χ3v) is 5.81. The monoisotopic (exact) mass is 488 g/mol. The summed E-state index contributed by atoms with van der Waals surface area (Å²) in [5, 5.41) is 11.7. The molecule has 1 N–H and O–H groups in total. The molecule has 0 aliphatic heterocycles. The van der Waals surface area contributed by atoms with E-state index in [2.05, 4.69) is 15.5 Å². The molecule has 4 rings (SSSR count). The Balaban J connectivity index is 1.55. The minimum Gasteiger partial charge on any atom is -0.323 e. The molecule has 0 saturated heterocycles. The quantitative estimate of drug-likeness (QED) is 0.269. The third-order valence-electron chi connectivity index (χ3n) is 4.63. The number of rotatable bonds is 7. The molecule has 4 aromatic rings. The van der Waals surface area contributed by atoms with Crippen molar-refractivity contribution in [2.75, 3.05) is 11.1 Å². The molecule has 1 amide bonds. The summed E-state index contributed by atoms with van der Waals surface area (Å²) in [5.74, 6) is -4.55. The molecule has 33 heavy (non-hydrogen) atoms. The zero-order chi connectivity index (χ0) is 23.4. The molecule has 0 aliphatic rings. The first-order valence-electron chi connectivity index (χ1n) is 9.72. The standard InChI is InChI=1S/C23H16ClF3N4OS/c24-15-6-8-16(9-7-15)31-19(12-14-4-2-1-3-5-14)29-30-23(31)33-13-20(32)28-18-11-10-17(25)21(26)22(18)27/h1-11H,12-13H2,(H,28,32). The first-order chi connectivity index (χ1) is 15.9. The summed E-state index contributed by atoms with van der Waals surface area (Å²) in [5.41, 5.74) is 1.34. The maximum atomic E-state index is 13.8. The Kier molecular flexibility index (Phi) is 7.00. The van der Waals surface area contributed by atoms with Crippen molar-refractivity contribution in [3.05, 3.63) is 101 Å². The number of amides is 1. The molecule has 5 nitrogen and oxygen atoms in total. The van der Waals surface area contributed by atoms with E-state index in [9.17, 15) is 18.0 Å². The second kappa shape index (κ2) is 10.1. The normalized spacial score (nSPS) is 10.9. The molecule has 1 aromatic heterocycles. The van der Waals surface area contributed by atoms with E-state index < -0.39 is 29.0 Å². The lowest BCUT2D eigenvalue weighted by Gasteiger charge is -2.11. The van der Waals surface area contributed by atoms with E-state index in [4.69, 9.17) is 11.6 Å². The van der Waals surface area contributed by atoms with Gasteiger partial charge >= 0.3 is 0 Å². The summed E-state index contributed by atoms with van der Waals surface area (Å²) in [4.78, 5) is 12.3. The highest BCUT2D eigenvalue weighted by Gasteiger charge is 2.18. The molecule has 3 aromatic carbocycles. The van der Waals surface area contributed by atoms with Crippen LogP contribution in [0.2, 0.25) is 5.02 Å². The van der Waals surface area contributed by atoms with Crippen molar-refractivity contribution in [3.8, 4) is 5.69 Å². The summed E-state index contributed by atoms with van der Waals surface area (Å²) < 4.78 is 42.1. The molecule has 0 bridgehead atoms. The van der Waals surface area contributed by atoms with Gasteiger partial charge in [-0.15, -0.1) is 10.2 Å². The summed E-state index contributed by atoms with van der Waals surface area (Å²) in [6.45, 7) is 0. The van der Waals surface area contributed by atoms with Crippen LogP contribution in [0.3, 0.4) is 0 Å². The predicted octanol–water partition coefficient (Wildman–Crippen LogP) is 5.66. The Bertz CT molecular complexity index is 1280. The molecule has 0 spiro atoms. The van der Waals surface area contributed by atoms with Crippen molar-refractivity contribution in [1.82, 2.24) is 14.8 Å². The summed E-state index contributed by atoms with van der Waals surface area (Å²) in [6.07, 6.45) is 0.503. The van der Waals surface area contributed by atoms with Gasteiger partial charge in [-0.25, -0.2) is 13.2 Å². The molecule has 0 saturated carbocycles. The average Bonchev–Trinajstić information content (AvgIpc) is 3.21. The first kappa shape index (κ1) is 22.9. The van der Waals surface area contributed by atoms with Crippen LogP contribution in [0.1, 0.15) is 11.4 Å². The lowest BCUT2D eigenvalue weighted by atomic mass is 10.1. The SMILES string of the molecule is O=C(CSc1nnc(Cc2ccccc2)n1-c1ccc(Cl)cc1)Nc1ccc(F)c(F)c1F. The number of benzene rings is 3. The van der Waals surface area contributed by atoms with Crippen molar-refractivity contribution in [1.29, 1.82) is 0 Å². The molecule has 0 atom stereocenters. The first-order valence-corrected chi connectivity index (χ1v) is 11.1. The number of carbonyl (C=O) groups excluding carboxylic acids is 1. The molecular weight excluding hydrogens is 473 g/mol. The van der Waals surface area contributed by atoms with Gasteiger partial charge in [0.05, 0.1) is 11.4 Å². The Morgan fingerprint density at radius 3 is 2.39 bits per heavy atom. The molecular formula is C23H16ClF3N4OS. The number of carbonyl (C=O) groups is 1. The molecule has 0 fully saturated rings. The van der Waals surface area contributed by atoms with Crippen molar-refractivity contribution in [3.63, 3.8) is 0 Å². The number of halogens is 4. The number of aromatic nitrogens is 3. The topological polar surface area (TPSA) is 59.8 Å². The lowest BCUT2D eigenvalue weighted by Crippen LogP contribution is -2.16. The van der Waals surface area contributed by atoms with E-state index in [1.165, 1.54) is 0 Å². The van der Waals surface area contributed by atoms with Crippen LogP contribution in [0.25, 0.3) is 5.69 Å². The van der Waals surface area contributed by atoms with Crippen LogP contribution in [0.15, 0.2) is 71.9 Å². The molecule has 0 unspecified atom stereocenters. The molecule has 10 heteroatoms. The van der Waals surface area contributed by atoms with E-state index in [-0.39, 0.29) is 5.75 Å². The van der Waals surface area contributed by atoms with Crippen LogP contribution in [-0.2, 0) is 11.2 Å². The van der Waals surface area contributed by atoms with Crippen LogP contribution >= 0.6 is 23.4 Å². The van der Waals surface area contributed by atoms with Gasteiger partial charge in [0.15, 0.2) is 22.6 Å². The van der Waals surface area contributed by atoms with Crippen molar-refractivity contribution in [2.24, 2.45) is 0 Å². The Hall–Kier alpha value is -3.30. The zero-order valence-electron chi connectivity index (χ0n) is 16.9. The molecule has 0 radical (unpaired) electrons. The van der Waals surface area contributed by atoms with Crippen LogP contribution in [0, 0.1) is 17.5 Å². The average molecular weight is 489 g/mol. The fourth-order valence-electron chi connectivity index (χ4n) is 3.08. The fourth-order valence-corrected chi connectivity index (χ4v) is 3.97. The lowest BCUT2D eigenvalue weighted by molar-refractivity contribution is -0.113. The van der Waals surface area contributed by atoms with Gasteiger partial charge in [-0.05, 0) is 42.0 Å². The fraction of sp³-hybridized carbons (Fsp3) is 0.0870. The van der Waals surface area contributed by atoms with Crippen LogP contribution in [0.5, 0.6) is 0 Å². The Labute approximate surface area is 196 Å². The van der Waals surface area contributed by atoms with Crippen LogP contribution < -0.4 is 5.32 Å². The van der Waals surface area contributed by atoms with Gasteiger partial charge in [-0.2, -0.15) is 0 Å². The summed E-state index contributed by atoms with van der Waals surface area (Å²) in [7, 11) is 0. The third kappa shape index (κ3) is 5.37. The minimum absolute atomic E-state index is 0.157. The zero-order valence-corrected chi connectivity index (χ0v) is 18.5. The molecule has 0 aliphatic carbocycles. The highest BCUT2D eigenvalue weighted by molar-refractivity contribution is 7.99. The van der Waals surface area contributed by atoms with Crippen molar-refractivity contribution < 1.29 is 18.0 Å². The highest BCUT2D eigenvalue weighted by Crippen LogP contribution is 2.25. The molecule has 1 heterocycles. The smallest absolute Gasteiger partial charge is 0.234 e. The van der Waals surface area contributed by atoms with Gasteiger partial charge in [0.2, 0.25) is 5.91 Å². The second-order valence-electron chi connectivity index (χ2n) is 6.93. The number of nitrogens with one attached hydrogen (secondary N) is 1. The number of thioether (sulfide) groups is 1. The number of nitrogens with zero attached hydrogens (tertiary/aromatic N) is 3. The van der Waals surface area contributed by atoms with E-state index >= 15 is 0 Å². The van der Waals surface area contributed by atoms with Gasteiger partial charge in [0, 0.05) is 17.1 Å². The number of hydrogen-bond donors (Lipinski definition) is 1. The van der Waals surface area contributed by atoms with Crippen LogP contribution in [0.4, 0.5) is 18.9 Å². The maximum absolute atomic E-state index is 13.8. The van der Waals surface area contributed by atoms with E-state index in [0.717, 1.165) is 35.1 Å². The summed E-state index contributed by atoms with van der Waals surface area (Å²) >= 11 is 7.09. The van der Waals surface area contributed by atoms with Crippen LogP contribution in [-0.4, -0.2) is 26.4 Å². The van der Waals surface area contributed by atoms with Crippen molar-refractivity contribution in [2.45, 2.75) is 11.6 Å². The van der Waals surface area contributed by atoms with Gasteiger partial charge in [-0.3, -0.25) is 9.36 Å². The predicted molar refractivity (Wildman–Crippen MR) is 121 cm³/mol. The van der Waals surface area contributed by atoms with Gasteiger partial charge < -0.3 is 5.32 Å². The Morgan fingerprint density at radius 1 is 0.939 bits per heavy atom.